The van der Waals surface area contributed by atoms with Crippen molar-refractivity contribution in [1.29, 1.82) is 0 Å². The summed E-state index contributed by atoms with van der Waals surface area (Å²) in [6.07, 6.45) is 4.68. The zero-order valence-corrected chi connectivity index (χ0v) is 16.7. The first-order valence-electron chi connectivity index (χ1n) is 9.63. The molecule has 1 aromatic heterocycles. The van der Waals surface area contributed by atoms with E-state index in [0.717, 1.165) is 25.9 Å². The van der Waals surface area contributed by atoms with Gasteiger partial charge in [-0.3, -0.25) is 14.2 Å². The van der Waals surface area contributed by atoms with Gasteiger partial charge in [0.25, 0.3) is 5.56 Å². The van der Waals surface area contributed by atoms with E-state index in [1.807, 2.05) is 11.9 Å². The maximum Gasteiger partial charge on any atom is 0.261 e. The zero-order valence-electron chi connectivity index (χ0n) is 16.7. The number of hydrogen-bond donors (Lipinski definition) is 1. The Balaban J connectivity index is 1.67. The number of nitrogens with zero attached hydrogens (tertiary/aromatic N) is 3. The number of fused-ring (bicyclic) bond motifs is 1. The van der Waals surface area contributed by atoms with E-state index in [4.69, 9.17) is 9.47 Å². The molecule has 0 bridgehead atoms. The fraction of sp³-hybridized carbons (Fsp3) is 0.550. The van der Waals surface area contributed by atoms with E-state index in [-0.39, 0.29) is 11.5 Å². The number of carbonyl (C=O) groups is 1. The van der Waals surface area contributed by atoms with E-state index in [2.05, 4.69) is 10.3 Å². The summed E-state index contributed by atoms with van der Waals surface area (Å²) in [6, 6.07) is 3.71. The highest BCUT2D eigenvalue weighted by molar-refractivity contribution is 5.81. The minimum Gasteiger partial charge on any atom is -0.493 e. The fourth-order valence-electron chi connectivity index (χ4n) is 3.64. The van der Waals surface area contributed by atoms with Crippen molar-refractivity contribution in [2.75, 3.05) is 34.4 Å². The molecule has 1 aliphatic rings. The Kier molecular flexibility index (Phi) is 6.51. The number of hydrogen-bond acceptors (Lipinski definition) is 6. The van der Waals surface area contributed by atoms with Crippen LogP contribution in [0.15, 0.2) is 23.3 Å². The molecule has 28 heavy (non-hydrogen) atoms. The average Bonchev–Trinajstić information content (AvgIpc) is 2.74. The molecule has 2 aromatic rings. The molecule has 1 saturated heterocycles. The number of methoxy groups -OCH3 is 2. The SMILES string of the molecule is CNC1CCCN(C(=O)CCCn2cnc3cc(OC)c(OC)cc3c2=O)C1. The smallest absolute Gasteiger partial charge is 0.261 e. The molecule has 1 aromatic carbocycles. The van der Waals surface area contributed by atoms with E-state index >= 15 is 0 Å². The summed E-state index contributed by atoms with van der Waals surface area (Å²) in [7, 11) is 5.01. The van der Waals surface area contributed by atoms with Crippen LogP contribution in [0.1, 0.15) is 25.7 Å². The van der Waals surface area contributed by atoms with Crippen LogP contribution >= 0.6 is 0 Å². The van der Waals surface area contributed by atoms with Crippen molar-refractivity contribution >= 4 is 16.8 Å². The summed E-state index contributed by atoms with van der Waals surface area (Å²) >= 11 is 0. The standard InChI is InChI=1S/C20H28N4O4/c1-21-14-6-4-8-23(12-14)19(25)7-5-9-24-13-22-16-11-18(28-3)17(27-2)10-15(16)20(24)26/h10-11,13-14,21H,4-9,12H2,1-3H3. The second-order valence-corrected chi connectivity index (χ2v) is 7.04. The molecule has 8 nitrogen and oxygen atoms in total. The van der Waals surface area contributed by atoms with Crippen molar-refractivity contribution in [2.45, 2.75) is 38.3 Å². The van der Waals surface area contributed by atoms with Gasteiger partial charge in [0, 0.05) is 38.2 Å². The Morgan fingerprint density at radius 1 is 1.29 bits per heavy atom. The molecular weight excluding hydrogens is 360 g/mol. The minimum absolute atomic E-state index is 0.146. The van der Waals surface area contributed by atoms with Crippen LogP contribution in [-0.4, -0.2) is 60.8 Å². The first-order valence-corrected chi connectivity index (χ1v) is 9.63. The lowest BCUT2D eigenvalue weighted by atomic mass is 10.1. The number of likely N-dealkylation sites (N-methyl/N-ethyl adjacent to an activating group) is 1. The number of carbonyl (C=O) groups excluding carboxylic acids is 1. The number of nitrogens with one attached hydrogen (secondary N) is 1. The van der Waals surface area contributed by atoms with Crippen LogP contribution < -0.4 is 20.3 Å². The Hall–Kier alpha value is -2.61. The van der Waals surface area contributed by atoms with Crippen LogP contribution in [0, 0.1) is 0 Å². The number of aromatic nitrogens is 2. The molecule has 0 aliphatic carbocycles. The lowest BCUT2D eigenvalue weighted by molar-refractivity contribution is -0.132. The number of aryl methyl sites for hydroxylation is 1. The van der Waals surface area contributed by atoms with Gasteiger partial charge in [0.1, 0.15) is 0 Å². The summed E-state index contributed by atoms with van der Waals surface area (Å²) in [4.78, 5) is 31.5. The lowest BCUT2D eigenvalue weighted by Crippen LogP contribution is -2.46. The van der Waals surface area contributed by atoms with E-state index in [1.54, 1.807) is 23.8 Å². The van der Waals surface area contributed by atoms with Crippen molar-refractivity contribution in [2.24, 2.45) is 0 Å². The molecule has 152 valence electrons. The van der Waals surface area contributed by atoms with Crippen molar-refractivity contribution < 1.29 is 14.3 Å². The maximum absolute atomic E-state index is 12.8. The fourth-order valence-corrected chi connectivity index (χ4v) is 3.64. The van der Waals surface area contributed by atoms with E-state index in [9.17, 15) is 9.59 Å². The Morgan fingerprint density at radius 2 is 2.04 bits per heavy atom. The molecule has 0 radical (unpaired) electrons. The van der Waals surface area contributed by atoms with Gasteiger partial charge in [0.2, 0.25) is 5.91 Å². The molecule has 8 heteroatoms. The van der Waals surface area contributed by atoms with Crippen molar-refractivity contribution in [3.8, 4) is 11.5 Å². The van der Waals surface area contributed by atoms with Crippen LogP contribution in [0.25, 0.3) is 10.9 Å². The summed E-state index contributed by atoms with van der Waals surface area (Å²) in [5, 5.41) is 3.72. The highest BCUT2D eigenvalue weighted by Crippen LogP contribution is 2.29. The van der Waals surface area contributed by atoms with Gasteiger partial charge in [-0.15, -0.1) is 0 Å². The number of ether oxygens (including phenoxy) is 2. The van der Waals surface area contributed by atoms with Crippen molar-refractivity contribution in [3.63, 3.8) is 0 Å². The quantitative estimate of drug-likeness (QED) is 0.772. The monoisotopic (exact) mass is 388 g/mol. The highest BCUT2D eigenvalue weighted by Gasteiger charge is 2.22. The minimum atomic E-state index is -0.147. The molecular formula is C20H28N4O4. The van der Waals surface area contributed by atoms with Crippen LogP contribution in [0.2, 0.25) is 0 Å². The van der Waals surface area contributed by atoms with Gasteiger partial charge in [-0.25, -0.2) is 4.98 Å². The predicted molar refractivity (Wildman–Crippen MR) is 107 cm³/mol. The first kappa shape index (κ1) is 20.1. The first-order chi connectivity index (χ1) is 13.6. The summed E-state index contributed by atoms with van der Waals surface area (Å²) in [6.45, 7) is 2.02. The summed E-state index contributed by atoms with van der Waals surface area (Å²) in [5.41, 5.74) is 0.410. The normalized spacial score (nSPS) is 17.0. The molecule has 1 amide bonds. The number of likely N-dealkylation sites (tertiary alicyclic amines) is 1. The van der Waals surface area contributed by atoms with Crippen LogP contribution in [0.3, 0.4) is 0 Å². The second-order valence-electron chi connectivity index (χ2n) is 7.04. The van der Waals surface area contributed by atoms with Crippen LogP contribution in [0.5, 0.6) is 11.5 Å². The van der Waals surface area contributed by atoms with Crippen molar-refractivity contribution in [3.05, 3.63) is 28.8 Å². The summed E-state index contributed by atoms with van der Waals surface area (Å²) < 4.78 is 12.1. The zero-order chi connectivity index (χ0) is 20.1. The van der Waals surface area contributed by atoms with Gasteiger partial charge in [0.05, 0.1) is 31.4 Å². The summed E-state index contributed by atoms with van der Waals surface area (Å²) in [5.74, 6) is 1.17. The van der Waals surface area contributed by atoms with E-state index < -0.39 is 0 Å². The van der Waals surface area contributed by atoms with Gasteiger partial charge in [-0.1, -0.05) is 0 Å². The van der Waals surface area contributed by atoms with E-state index in [0.29, 0.717) is 47.8 Å². The number of amides is 1. The van der Waals surface area contributed by atoms with Crippen molar-refractivity contribution in [1.82, 2.24) is 19.8 Å². The van der Waals surface area contributed by atoms with Crippen LogP contribution in [0.4, 0.5) is 0 Å². The number of benzene rings is 1. The Bertz CT molecular complexity index is 896. The lowest BCUT2D eigenvalue weighted by Gasteiger charge is -2.32. The molecule has 0 saturated carbocycles. The highest BCUT2D eigenvalue weighted by atomic mass is 16.5. The molecule has 0 spiro atoms. The van der Waals surface area contributed by atoms with E-state index in [1.165, 1.54) is 13.4 Å². The molecule has 1 N–H and O–H groups in total. The van der Waals surface area contributed by atoms with Gasteiger partial charge < -0.3 is 19.7 Å². The largest absolute Gasteiger partial charge is 0.493 e. The molecule has 3 rings (SSSR count). The second kappa shape index (κ2) is 9.05. The third-order valence-corrected chi connectivity index (χ3v) is 5.30. The third kappa shape index (κ3) is 4.27. The maximum atomic E-state index is 12.8. The van der Waals surface area contributed by atoms with Gasteiger partial charge in [-0.05, 0) is 32.4 Å². The van der Waals surface area contributed by atoms with Crippen LogP contribution in [-0.2, 0) is 11.3 Å². The molecule has 1 fully saturated rings. The molecule has 2 heterocycles. The number of rotatable bonds is 7. The molecule has 1 aliphatic heterocycles. The average molecular weight is 388 g/mol. The van der Waals surface area contributed by atoms with Gasteiger partial charge in [0.15, 0.2) is 11.5 Å². The third-order valence-electron chi connectivity index (χ3n) is 5.30. The Labute approximate surface area is 164 Å². The number of piperidine rings is 1. The van der Waals surface area contributed by atoms with Gasteiger partial charge >= 0.3 is 0 Å². The van der Waals surface area contributed by atoms with Gasteiger partial charge in [-0.2, -0.15) is 0 Å². The predicted octanol–water partition coefficient (Wildman–Crippen LogP) is 1.40. The molecule has 1 unspecified atom stereocenters. The Morgan fingerprint density at radius 3 is 2.75 bits per heavy atom. The topological polar surface area (TPSA) is 85.7 Å². The molecule has 1 atom stereocenters.